The molecule has 0 aliphatic heterocycles. The number of aromatic nitrogens is 2. The lowest BCUT2D eigenvalue weighted by Gasteiger charge is -2.38. The standard InChI is InChI=1S/C18H25IN2Si/c1-12(2)22(13(3)4,14(5)6)10-8-15-7-9-20-18-17(15)16(19)11-21-18/h7,9,11-14H,1-6H3,(H,20,21). The molecule has 4 heteroatoms. The predicted molar refractivity (Wildman–Crippen MR) is 107 cm³/mol. The van der Waals surface area contributed by atoms with Crippen LogP contribution >= 0.6 is 22.6 Å². The maximum atomic E-state index is 4.40. The van der Waals surface area contributed by atoms with Crippen LogP contribution in [0, 0.1) is 15.0 Å². The minimum Gasteiger partial charge on any atom is -0.345 e. The predicted octanol–water partition coefficient (Wildman–Crippen LogP) is 5.74. The molecule has 0 saturated heterocycles. The molecule has 0 bridgehead atoms. The summed E-state index contributed by atoms with van der Waals surface area (Å²) in [6.45, 7) is 14.1. The minimum atomic E-state index is -1.69. The van der Waals surface area contributed by atoms with Crippen LogP contribution in [0.4, 0.5) is 0 Å². The summed E-state index contributed by atoms with van der Waals surface area (Å²) in [7, 11) is -1.69. The third-order valence-corrected chi connectivity index (χ3v) is 11.9. The minimum absolute atomic E-state index is 0.655. The number of H-pyrrole nitrogens is 1. The molecule has 2 aromatic heterocycles. The molecular weight excluding hydrogens is 399 g/mol. The van der Waals surface area contributed by atoms with E-state index in [9.17, 15) is 0 Å². The molecular formula is C18H25IN2Si. The Morgan fingerprint density at radius 1 is 1.09 bits per heavy atom. The van der Waals surface area contributed by atoms with Gasteiger partial charge in [-0.1, -0.05) is 47.5 Å². The van der Waals surface area contributed by atoms with E-state index in [-0.39, 0.29) is 0 Å². The van der Waals surface area contributed by atoms with E-state index in [1.807, 2.05) is 18.5 Å². The van der Waals surface area contributed by atoms with Gasteiger partial charge in [0.1, 0.15) is 13.7 Å². The van der Waals surface area contributed by atoms with Crippen LogP contribution in [0.5, 0.6) is 0 Å². The third kappa shape index (κ3) is 2.98. The lowest BCUT2D eigenvalue weighted by molar-refractivity contribution is 0.838. The number of halogens is 1. The van der Waals surface area contributed by atoms with Crippen molar-refractivity contribution in [3.05, 3.63) is 27.6 Å². The Morgan fingerprint density at radius 3 is 2.23 bits per heavy atom. The second-order valence-corrected chi connectivity index (χ2v) is 13.6. The molecule has 2 rings (SSSR count). The Hall–Kier alpha value is -0.803. The van der Waals surface area contributed by atoms with Crippen LogP contribution in [-0.4, -0.2) is 18.0 Å². The molecule has 0 unspecified atom stereocenters. The van der Waals surface area contributed by atoms with Crippen LogP contribution in [0.1, 0.15) is 47.1 Å². The normalized spacial score (nSPS) is 12.3. The summed E-state index contributed by atoms with van der Waals surface area (Å²) < 4.78 is 1.19. The molecule has 0 fully saturated rings. The van der Waals surface area contributed by atoms with E-state index in [1.54, 1.807) is 0 Å². The lowest BCUT2D eigenvalue weighted by atomic mass is 10.2. The van der Waals surface area contributed by atoms with E-state index in [1.165, 1.54) is 3.57 Å². The summed E-state index contributed by atoms with van der Waals surface area (Å²) in [5.74, 6) is 3.55. The molecule has 0 spiro atoms. The largest absolute Gasteiger partial charge is 0.345 e. The molecule has 0 aromatic carbocycles. The van der Waals surface area contributed by atoms with Gasteiger partial charge in [0.15, 0.2) is 0 Å². The summed E-state index contributed by atoms with van der Waals surface area (Å²) in [5, 5.41) is 1.16. The van der Waals surface area contributed by atoms with Gasteiger partial charge in [-0.05, 0) is 45.3 Å². The lowest BCUT2D eigenvalue weighted by Crippen LogP contribution is -2.43. The van der Waals surface area contributed by atoms with Crippen LogP contribution < -0.4 is 0 Å². The monoisotopic (exact) mass is 424 g/mol. The van der Waals surface area contributed by atoms with Crippen molar-refractivity contribution >= 4 is 41.7 Å². The van der Waals surface area contributed by atoms with Crippen molar-refractivity contribution in [3.8, 4) is 11.5 Å². The molecule has 22 heavy (non-hydrogen) atoms. The quantitative estimate of drug-likeness (QED) is 0.380. The van der Waals surface area contributed by atoms with Gasteiger partial charge in [-0.2, -0.15) is 0 Å². The average molecular weight is 424 g/mol. The first kappa shape index (κ1) is 17.5. The molecule has 118 valence electrons. The third-order valence-electron chi connectivity index (χ3n) is 4.81. The molecule has 0 aliphatic carbocycles. The summed E-state index contributed by atoms with van der Waals surface area (Å²) >= 11 is 2.35. The van der Waals surface area contributed by atoms with Crippen molar-refractivity contribution in [1.82, 2.24) is 9.97 Å². The Bertz CT molecular complexity index is 698. The Balaban J connectivity index is 2.60. The van der Waals surface area contributed by atoms with Crippen LogP contribution in [0.15, 0.2) is 18.5 Å². The summed E-state index contributed by atoms with van der Waals surface area (Å²) in [6.07, 6.45) is 3.85. The number of fused-ring (bicyclic) bond motifs is 1. The van der Waals surface area contributed by atoms with Crippen molar-refractivity contribution in [2.75, 3.05) is 0 Å². The summed E-state index contributed by atoms with van der Waals surface area (Å²) in [4.78, 5) is 7.61. The van der Waals surface area contributed by atoms with Crippen molar-refractivity contribution < 1.29 is 0 Å². The van der Waals surface area contributed by atoms with E-state index >= 15 is 0 Å². The number of pyridine rings is 1. The Kier molecular flexibility index (Phi) is 5.39. The number of hydrogen-bond acceptors (Lipinski definition) is 1. The first-order valence-electron chi connectivity index (χ1n) is 7.95. The van der Waals surface area contributed by atoms with Gasteiger partial charge in [0.05, 0.1) is 0 Å². The molecule has 0 amide bonds. The smallest absolute Gasteiger partial charge is 0.146 e. The fourth-order valence-electron chi connectivity index (χ4n) is 3.73. The number of aromatic amines is 1. The second-order valence-electron chi connectivity index (χ2n) is 6.87. The van der Waals surface area contributed by atoms with Crippen molar-refractivity contribution in [2.45, 2.75) is 58.2 Å². The highest BCUT2D eigenvalue weighted by Crippen LogP contribution is 2.40. The maximum absolute atomic E-state index is 4.40. The van der Waals surface area contributed by atoms with E-state index < -0.39 is 8.07 Å². The zero-order chi connectivity index (χ0) is 16.5. The average Bonchev–Trinajstić information content (AvgIpc) is 2.81. The van der Waals surface area contributed by atoms with E-state index in [4.69, 9.17) is 0 Å². The number of rotatable bonds is 3. The number of hydrogen-bond donors (Lipinski definition) is 1. The van der Waals surface area contributed by atoms with Gasteiger partial charge >= 0.3 is 0 Å². The van der Waals surface area contributed by atoms with E-state index in [0.717, 1.165) is 16.6 Å². The van der Waals surface area contributed by atoms with Crippen molar-refractivity contribution in [3.63, 3.8) is 0 Å². The molecule has 2 heterocycles. The van der Waals surface area contributed by atoms with Crippen molar-refractivity contribution in [1.29, 1.82) is 0 Å². The van der Waals surface area contributed by atoms with Gasteiger partial charge in [-0.15, -0.1) is 5.54 Å². The van der Waals surface area contributed by atoms with Crippen LogP contribution in [0.3, 0.4) is 0 Å². The first-order valence-corrected chi connectivity index (χ1v) is 11.3. The molecule has 2 aromatic rings. The first-order chi connectivity index (χ1) is 10.3. The van der Waals surface area contributed by atoms with Gasteiger partial charge in [0.25, 0.3) is 0 Å². The molecule has 2 nitrogen and oxygen atoms in total. The summed E-state index contributed by atoms with van der Waals surface area (Å²) in [6, 6.07) is 2.05. The highest BCUT2D eigenvalue weighted by Gasteiger charge is 2.41. The van der Waals surface area contributed by atoms with Gasteiger partial charge in [0, 0.05) is 26.9 Å². The fourth-order valence-corrected chi connectivity index (χ4v) is 9.65. The highest BCUT2D eigenvalue weighted by molar-refractivity contribution is 14.1. The highest BCUT2D eigenvalue weighted by atomic mass is 127. The van der Waals surface area contributed by atoms with Gasteiger partial charge in [-0.25, -0.2) is 4.98 Å². The van der Waals surface area contributed by atoms with Crippen LogP contribution in [-0.2, 0) is 0 Å². The van der Waals surface area contributed by atoms with Crippen LogP contribution in [0.25, 0.3) is 11.0 Å². The molecule has 0 aliphatic rings. The fraction of sp³-hybridized carbons (Fsp3) is 0.500. The zero-order valence-electron chi connectivity index (χ0n) is 14.3. The Labute approximate surface area is 148 Å². The molecule has 0 saturated carbocycles. The van der Waals surface area contributed by atoms with Crippen molar-refractivity contribution in [2.24, 2.45) is 0 Å². The van der Waals surface area contributed by atoms with Gasteiger partial charge in [-0.3, -0.25) is 0 Å². The van der Waals surface area contributed by atoms with E-state index in [2.05, 4.69) is 85.6 Å². The van der Waals surface area contributed by atoms with E-state index in [0.29, 0.717) is 16.6 Å². The summed E-state index contributed by atoms with van der Waals surface area (Å²) in [5.41, 5.74) is 7.81. The maximum Gasteiger partial charge on any atom is 0.146 e. The Morgan fingerprint density at radius 2 is 1.68 bits per heavy atom. The molecule has 0 radical (unpaired) electrons. The van der Waals surface area contributed by atoms with Gasteiger partial charge in [0.2, 0.25) is 0 Å². The van der Waals surface area contributed by atoms with Gasteiger partial charge < -0.3 is 4.98 Å². The topological polar surface area (TPSA) is 28.7 Å². The zero-order valence-corrected chi connectivity index (χ0v) is 17.4. The molecule has 0 atom stereocenters. The van der Waals surface area contributed by atoms with Crippen LogP contribution in [0.2, 0.25) is 16.6 Å². The number of nitrogens with one attached hydrogen (secondary N) is 1. The second kappa shape index (κ2) is 6.75. The number of nitrogens with zero attached hydrogens (tertiary/aromatic N) is 1. The SMILES string of the molecule is CC(C)[Si](C#Cc1ccnc2[nH]cc(I)c12)(C(C)C)C(C)C. The molecule has 1 N–H and O–H groups in total.